The van der Waals surface area contributed by atoms with Gasteiger partial charge in [0.1, 0.15) is 17.5 Å². The summed E-state index contributed by atoms with van der Waals surface area (Å²) in [5.74, 6) is 2.35. The summed E-state index contributed by atoms with van der Waals surface area (Å²) in [5.41, 5.74) is 0.425. The molecule has 2 heterocycles. The highest BCUT2D eigenvalue weighted by atomic mass is 16.6. The van der Waals surface area contributed by atoms with Crippen LogP contribution in [0.3, 0.4) is 0 Å². The molecule has 6 fully saturated rings. The first-order chi connectivity index (χ1) is 19.1. The van der Waals surface area contributed by atoms with Crippen LogP contribution in [-0.2, 0) is 9.53 Å². The van der Waals surface area contributed by atoms with E-state index in [9.17, 15) is 14.7 Å². The van der Waals surface area contributed by atoms with Gasteiger partial charge in [-0.25, -0.2) is 4.79 Å². The second-order valence-electron chi connectivity index (χ2n) is 14.3. The minimum absolute atomic E-state index is 0.0878. The average molecular weight is 554 g/mol. The fourth-order valence-corrected chi connectivity index (χ4v) is 8.35. The molecule has 4 saturated carbocycles. The lowest BCUT2D eigenvalue weighted by Crippen LogP contribution is -2.60. The van der Waals surface area contributed by atoms with E-state index >= 15 is 0 Å². The molecular weight excluding hydrogens is 506 g/mol. The number of ether oxygens (including phenoxy) is 2. The third-order valence-electron chi connectivity index (χ3n) is 10.1. The highest BCUT2D eigenvalue weighted by Gasteiger charge is 2.58. The van der Waals surface area contributed by atoms with Crippen LogP contribution in [0, 0.1) is 23.2 Å². The van der Waals surface area contributed by atoms with Crippen molar-refractivity contribution < 1.29 is 24.2 Å². The number of nitrogens with zero attached hydrogens (tertiary/aromatic N) is 2. The Morgan fingerprint density at radius 1 is 0.975 bits per heavy atom. The van der Waals surface area contributed by atoms with E-state index in [1.165, 1.54) is 0 Å². The van der Waals surface area contributed by atoms with Gasteiger partial charge in [0.15, 0.2) is 0 Å². The van der Waals surface area contributed by atoms with Crippen molar-refractivity contribution in [2.75, 3.05) is 31.1 Å². The summed E-state index contributed by atoms with van der Waals surface area (Å²) in [4.78, 5) is 30.1. The molecule has 2 amide bonds. The van der Waals surface area contributed by atoms with Gasteiger partial charge >= 0.3 is 6.09 Å². The van der Waals surface area contributed by atoms with Crippen LogP contribution in [-0.4, -0.2) is 72.0 Å². The predicted octanol–water partition coefficient (Wildman–Crippen LogP) is 4.74. The van der Waals surface area contributed by atoms with Crippen LogP contribution in [0.2, 0.25) is 0 Å². The maximum absolute atomic E-state index is 13.6. The number of hydrogen-bond acceptors (Lipinski definition) is 6. The van der Waals surface area contributed by atoms with Crippen molar-refractivity contribution in [2.45, 2.75) is 102 Å². The second kappa shape index (κ2) is 10.7. The summed E-state index contributed by atoms with van der Waals surface area (Å²) in [7, 11) is 0. The van der Waals surface area contributed by atoms with Gasteiger partial charge < -0.3 is 29.7 Å². The summed E-state index contributed by atoms with van der Waals surface area (Å²) in [5, 5.41) is 14.1. The quantitative estimate of drug-likeness (QED) is 0.548. The monoisotopic (exact) mass is 553 g/mol. The number of benzene rings is 1. The maximum atomic E-state index is 13.6. The smallest absolute Gasteiger partial charge is 0.410 e. The number of likely N-dealkylation sites (tertiary alicyclic amines) is 1. The number of amides is 2. The van der Waals surface area contributed by atoms with Gasteiger partial charge in [-0.3, -0.25) is 4.79 Å². The van der Waals surface area contributed by atoms with Crippen LogP contribution in [0.5, 0.6) is 5.75 Å². The minimum atomic E-state index is -0.481. The van der Waals surface area contributed by atoms with E-state index < -0.39 is 5.60 Å². The first kappa shape index (κ1) is 27.7. The van der Waals surface area contributed by atoms with E-state index in [2.05, 4.69) is 22.3 Å². The molecule has 0 aromatic heterocycles. The van der Waals surface area contributed by atoms with Crippen molar-refractivity contribution in [1.82, 2.24) is 10.2 Å². The molecule has 8 heteroatoms. The van der Waals surface area contributed by atoms with E-state index in [-0.39, 0.29) is 35.7 Å². The third kappa shape index (κ3) is 5.79. The number of piperidine rings is 2. The highest BCUT2D eigenvalue weighted by Crippen LogP contribution is 2.60. The number of rotatable bonds is 5. The lowest BCUT2D eigenvalue weighted by Gasteiger charge is -2.58. The molecule has 6 aliphatic rings. The van der Waals surface area contributed by atoms with E-state index in [0.29, 0.717) is 30.8 Å². The van der Waals surface area contributed by atoms with Crippen LogP contribution >= 0.6 is 0 Å². The standard InChI is InChI=1S/C32H47N3O5/c1-31(2,3)40-30(38)34-13-10-27(11-14-34)39-26-8-6-25(7-9-26)35-12-4-5-24(20-35)33-29(37)32-17-21-15-22(18-32)28(36)23(16-21)19-32/h6-9,21-24,27-28,36H,4-5,10-20H2,1-3H3,(H,33,37)/t21?,22?,23?,24-,28?,32?/m0/s1. The molecule has 40 heavy (non-hydrogen) atoms. The summed E-state index contributed by atoms with van der Waals surface area (Å²) >= 11 is 0. The Kier molecular flexibility index (Phi) is 7.43. The van der Waals surface area contributed by atoms with Gasteiger partial charge in [-0.05, 0) is 108 Å². The van der Waals surface area contributed by atoms with Gasteiger partial charge in [-0.15, -0.1) is 0 Å². The fraction of sp³-hybridized carbons (Fsp3) is 0.750. The van der Waals surface area contributed by atoms with Gasteiger partial charge in [-0.2, -0.15) is 0 Å². The van der Waals surface area contributed by atoms with E-state index in [4.69, 9.17) is 9.47 Å². The Morgan fingerprint density at radius 3 is 2.30 bits per heavy atom. The van der Waals surface area contributed by atoms with Gasteiger partial charge in [0.2, 0.25) is 5.91 Å². The van der Waals surface area contributed by atoms with Crippen LogP contribution in [0.4, 0.5) is 10.5 Å². The van der Waals surface area contributed by atoms with Crippen LogP contribution in [0.1, 0.15) is 78.6 Å². The third-order valence-corrected chi connectivity index (χ3v) is 10.1. The summed E-state index contributed by atoms with van der Waals surface area (Å²) in [6.07, 6.45) is 8.25. The Balaban J connectivity index is 0.990. The molecule has 2 N–H and O–H groups in total. The molecule has 220 valence electrons. The molecule has 2 aliphatic heterocycles. The number of nitrogens with one attached hydrogen (secondary N) is 1. The molecule has 1 aromatic carbocycles. The number of anilines is 1. The second-order valence-corrected chi connectivity index (χ2v) is 14.3. The molecular formula is C32H47N3O5. The lowest BCUT2D eigenvalue weighted by atomic mass is 9.48. The van der Waals surface area contributed by atoms with Crippen molar-refractivity contribution in [2.24, 2.45) is 23.2 Å². The number of carbonyl (C=O) groups is 2. The minimum Gasteiger partial charge on any atom is -0.490 e. The molecule has 3 atom stereocenters. The van der Waals surface area contributed by atoms with Crippen LogP contribution < -0.4 is 15.0 Å². The molecule has 1 aromatic rings. The normalized spacial score (nSPS) is 34.0. The molecule has 8 nitrogen and oxygen atoms in total. The first-order valence-electron chi connectivity index (χ1n) is 15.6. The zero-order chi connectivity index (χ0) is 28.1. The molecule has 0 spiro atoms. The first-order valence-corrected chi connectivity index (χ1v) is 15.6. The number of aliphatic hydroxyl groups excluding tert-OH is 1. The van der Waals surface area contributed by atoms with Crippen molar-refractivity contribution in [3.8, 4) is 5.75 Å². The summed E-state index contributed by atoms with van der Waals surface area (Å²) in [6, 6.07) is 8.48. The van der Waals surface area contributed by atoms with Crippen molar-refractivity contribution in [3.63, 3.8) is 0 Å². The lowest BCUT2D eigenvalue weighted by molar-refractivity contribution is -0.163. The van der Waals surface area contributed by atoms with E-state index in [1.54, 1.807) is 4.90 Å². The van der Waals surface area contributed by atoms with E-state index in [1.807, 2.05) is 32.9 Å². The van der Waals surface area contributed by atoms with E-state index in [0.717, 1.165) is 82.3 Å². The van der Waals surface area contributed by atoms with Crippen LogP contribution in [0.25, 0.3) is 0 Å². The Labute approximate surface area is 238 Å². The Bertz CT molecular complexity index is 1060. The molecule has 2 unspecified atom stereocenters. The van der Waals surface area contributed by atoms with Gasteiger partial charge in [0.25, 0.3) is 0 Å². The largest absolute Gasteiger partial charge is 0.490 e. The van der Waals surface area contributed by atoms with Crippen molar-refractivity contribution >= 4 is 17.7 Å². The van der Waals surface area contributed by atoms with Crippen molar-refractivity contribution in [3.05, 3.63) is 24.3 Å². The zero-order valence-corrected chi connectivity index (χ0v) is 24.4. The molecule has 4 bridgehead atoms. The average Bonchev–Trinajstić information content (AvgIpc) is 2.91. The predicted molar refractivity (Wildman–Crippen MR) is 153 cm³/mol. The molecule has 7 rings (SSSR count). The summed E-state index contributed by atoms with van der Waals surface area (Å²) in [6.45, 7) is 8.76. The number of carbonyl (C=O) groups excluding carboxylic acids is 2. The number of aliphatic hydroxyl groups is 1. The fourth-order valence-electron chi connectivity index (χ4n) is 8.35. The van der Waals surface area contributed by atoms with Gasteiger partial charge in [0.05, 0.1) is 11.5 Å². The van der Waals surface area contributed by atoms with Gasteiger partial charge in [0, 0.05) is 50.7 Å². The summed E-state index contributed by atoms with van der Waals surface area (Å²) < 4.78 is 11.8. The number of hydrogen-bond donors (Lipinski definition) is 2. The maximum Gasteiger partial charge on any atom is 0.410 e. The SMILES string of the molecule is CC(C)(C)OC(=O)N1CCC(Oc2ccc(N3CCC[C@H](NC(=O)C45CC6CC(C4)C(O)C(C6)C5)C3)cc2)CC1. The topological polar surface area (TPSA) is 91.3 Å². The highest BCUT2D eigenvalue weighted by molar-refractivity contribution is 5.83. The molecule has 0 radical (unpaired) electrons. The molecule has 4 aliphatic carbocycles. The molecule has 2 saturated heterocycles. The van der Waals surface area contributed by atoms with Crippen LogP contribution in [0.15, 0.2) is 24.3 Å². The van der Waals surface area contributed by atoms with Crippen molar-refractivity contribution in [1.29, 1.82) is 0 Å². The zero-order valence-electron chi connectivity index (χ0n) is 24.4. The van der Waals surface area contributed by atoms with Gasteiger partial charge in [-0.1, -0.05) is 0 Å². The Morgan fingerprint density at radius 2 is 1.65 bits per heavy atom. The Hall–Kier alpha value is -2.48.